The molecular weight excluding hydrogens is 530 g/mol. The van der Waals surface area contributed by atoms with Crippen LogP contribution in [-0.4, -0.2) is 48.8 Å². The summed E-state index contributed by atoms with van der Waals surface area (Å²) in [6, 6.07) is 17.8. The lowest BCUT2D eigenvalue weighted by atomic mass is 9.96. The van der Waals surface area contributed by atoms with Crippen molar-refractivity contribution in [3.05, 3.63) is 77.4 Å². The third-order valence-electron chi connectivity index (χ3n) is 8.33. The van der Waals surface area contributed by atoms with Gasteiger partial charge in [0.1, 0.15) is 6.04 Å². The number of aryl methyl sites for hydroxylation is 1. The van der Waals surface area contributed by atoms with E-state index in [1.807, 2.05) is 56.3 Å². The normalized spacial score (nSPS) is 19.9. The number of benzene rings is 3. The van der Waals surface area contributed by atoms with Gasteiger partial charge in [-0.15, -0.1) is 0 Å². The van der Waals surface area contributed by atoms with E-state index in [1.165, 1.54) is 0 Å². The number of carbonyl (C=O) groups excluding carboxylic acids is 4. The van der Waals surface area contributed by atoms with Crippen LogP contribution in [0.3, 0.4) is 0 Å². The first kappa shape index (κ1) is 29.3. The Kier molecular flexibility index (Phi) is 9.17. The molecule has 2 heterocycles. The molecule has 0 unspecified atom stereocenters. The minimum Gasteiger partial charge on any atom is -0.356 e. The number of rotatable bonds is 9. The fourth-order valence-corrected chi connectivity index (χ4v) is 5.89. The molecule has 0 bridgehead atoms. The van der Waals surface area contributed by atoms with Crippen molar-refractivity contribution in [3.8, 4) is 0 Å². The van der Waals surface area contributed by atoms with E-state index in [2.05, 4.69) is 26.6 Å². The zero-order valence-corrected chi connectivity index (χ0v) is 24.2. The molecule has 2 saturated heterocycles. The van der Waals surface area contributed by atoms with Gasteiger partial charge in [-0.3, -0.25) is 19.2 Å². The lowest BCUT2D eigenvalue weighted by Gasteiger charge is -2.26. The fourth-order valence-electron chi connectivity index (χ4n) is 5.89. The summed E-state index contributed by atoms with van der Waals surface area (Å²) >= 11 is 0. The molecule has 4 atom stereocenters. The molecule has 0 aromatic heterocycles. The van der Waals surface area contributed by atoms with Crippen molar-refractivity contribution in [1.82, 2.24) is 21.3 Å². The summed E-state index contributed by atoms with van der Waals surface area (Å²) in [6.07, 6.45) is 3.49. The topological polar surface area (TPSA) is 128 Å². The molecule has 0 aliphatic carbocycles. The number of hydrogen-bond acceptors (Lipinski definition) is 5. The third kappa shape index (κ3) is 6.79. The Morgan fingerprint density at radius 1 is 0.952 bits per heavy atom. The van der Waals surface area contributed by atoms with Gasteiger partial charge in [0.15, 0.2) is 0 Å². The number of nitrogens with one attached hydrogen (secondary N) is 5. The summed E-state index contributed by atoms with van der Waals surface area (Å²) in [5.41, 5.74) is 2.68. The molecule has 9 nitrogen and oxygen atoms in total. The van der Waals surface area contributed by atoms with Crippen molar-refractivity contribution >= 4 is 40.1 Å². The van der Waals surface area contributed by atoms with E-state index in [9.17, 15) is 19.2 Å². The van der Waals surface area contributed by atoms with Crippen LogP contribution in [0.4, 0.5) is 5.69 Å². The van der Waals surface area contributed by atoms with Crippen molar-refractivity contribution in [2.75, 3.05) is 18.4 Å². The van der Waals surface area contributed by atoms with E-state index >= 15 is 0 Å². The third-order valence-corrected chi connectivity index (χ3v) is 8.33. The predicted molar refractivity (Wildman–Crippen MR) is 163 cm³/mol. The summed E-state index contributed by atoms with van der Waals surface area (Å²) in [4.78, 5) is 52.2. The highest BCUT2D eigenvalue weighted by molar-refractivity contribution is 6.01. The van der Waals surface area contributed by atoms with Gasteiger partial charge < -0.3 is 26.6 Å². The summed E-state index contributed by atoms with van der Waals surface area (Å²) in [5, 5.41) is 17.1. The van der Waals surface area contributed by atoms with Gasteiger partial charge in [0, 0.05) is 23.7 Å². The second-order valence-corrected chi connectivity index (χ2v) is 11.4. The maximum Gasteiger partial charge on any atom is 0.252 e. The molecule has 0 spiro atoms. The van der Waals surface area contributed by atoms with Gasteiger partial charge >= 0.3 is 0 Å². The average Bonchev–Trinajstić information content (AvgIpc) is 3.41. The van der Waals surface area contributed by atoms with Crippen LogP contribution < -0.4 is 26.6 Å². The number of anilines is 1. The minimum atomic E-state index is -0.889. The van der Waals surface area contributed by atoms with E-state index in [1.54, 1.807) is 18.2 Å². The molecule has 9 heteroatoms. The highest BCUT2D eigenvalue weighted by Crippen LogP contribution is 2.25. The standard InChI is InChI=1S/C33H39N5O4/c1-20-13-14-24(19-27(20)31(40)36-21(2)25-11-7-9-22-8-3-4-10-26(22)25)37-33(42)29(18-23-15-17-35-30(23)39)38-32(41)28-12-5-6-16-34-28/h3-4,7-11,13-14,19,21,23,28-29,34H,5-6,12,15-18H2,1-2H3,(H,35,39)(H,36,40)(H,37,42)(H,38,41)/t21-,23+,28-,29+/m1/s1. The fraction of sp³-hybridized carbons (Fsp3) is 0.394. The van der Waals surface area contributed by atoms with Crippen LogP contribution in [0.1, 0.15) is 66.6 Å². The molecule has 5 N–H and O–H groups in total. The van der Waals surface area contributed by atoms with Crippen molar-refractivity contribution in [3.63, 3.8) is 0 Å². The molecule has 0 radical (unpaired) electrons. The summed E-state index contributed by atoms with van der Waals surface area (Å²) in [7, 11) is 0. The number of hydrogen-bond donors (Lipinski definition) is 5. The first-order valence-electron chi connectivity index (χ1n) is 14.8. The van der Waals surface area contributed by atoms with Gasteiger partial charge in [-0.1, -0.05) is 55.0 Å². The minimum absolute atomic E-state index is 0.104. The highest BCUT2D eigenvalue weighted by atomic mass is 16.2. The Balaban J connectivity index is 1.30. The van der Waals surface area contributed by atoms with E-state index in [-0.39, 0.29) is 42.1 Å². The molecule has 220 valence electrons. The van der Waals surface area contributed by atoms with Crippen LogP contribution in [0.2, 0.25) is 0 Å². The number of piperidine rings is 1. The van der Waals surface area contributed by atoms with Gasteiger partial charge in [0.25, 0.3) is 5.91 Å². The van der Waals surface area contributed by atoms with Crippen molar-refractivity contribution in [2.45, 2.75) is 64.1 Å². The zero-order valence-electron chi connectivity index (χ0n) is 24.2. The highest BCUT2D eigenvalue weighted by Gasteiger charge is 2.33. The van der Waals surface area contributed by atoms with E-state index in [0.29, 0.717) is 30.6 Å². The lowest BCUT2D eigenvalue weighted by molar-refractivity contribution is -0.129. The van der Waals surface area contributed by atoms with E-state index < -0.39 is 11.9 Å². The summed E-state index contributed by atoms with van der Waals surface area (Å²) in [5.74, 6) is -1.36. The number of carbonyl (C=O) groups is 4. The Morgan fingerprint density at radius 3 is 2.52 bits per heavy atom. The van der Waals surface area contributed by atoms with Crippen LogP contribution in [0.5, 0.6) is 0 Å². The lowest BCUT2D eigenvalue weighted by Crippen LogP contribution is -2.53. The van der Waals surface area contributed by atoms with Gasteiger partial charge in [-0.25, -0.2) is 0 Å². The number of fused-ring (bicyclic) bond motifs is 1. The van der Waals surface area contributed by atoms with Crippen LogP contribution in [0.15, 0.2) is 60.7 Å². The zero-order chi connectivity index (χ0) is 29.6. The average molecular weight is 570 g/mol. The predicted octanol–water partition coefficient (Wildman–Crippen LogP) is 3.73. The number of amides is 4. The largest absolute Gasteiger partial charge is 0.356 e. The molecule has 42 heavy (non-hydrogen) atoms. The molecule has 0 saturated carbocycles. The maximum absolute atomic E-state index is 13.5. The first-order chi connectivity index (χ1) is 20.3. The van der Waals surface area contributed by atoms with Crippen molar-refractivity contribution in [2.24, 2.45) is 5.92 Å². The van der Waals surface area contributed by atoms with Crippen molar-refractivity contribution in [1.29, 1.82) is 0 Å². The molecule has 2 aliphatic heterocycles. The smallest absolute Gasteiger partial charge is 0.252 e. The van der Waals surface area contributed by atoms with E-state index in [0.717, 1.165) is 41.3 Å². The van der Waals surface area contributed by atoms with E-state index in [4.69, 9.17) is 0 Å². The van der Waals surface area contributed by atoms with Crippen LogP contribution in [0.25, 0.3) is 10.8 Å². The van der Waals surface area contributed by atoms with Crippen molar-refractivity contribution < 1.29 is 19.2 Å². The van der Waals surface area contributed by atoms with Crippen LogP contribution in [0, 0.1) is 12.8 Å². The molecule has 4 amide bonds. The van der Waals surface area contributed by atoms with Crippen LogP contribution >= 0.6 is 0 Å². The first-order valence-corrected chi connectivity index (χ1v) is 14.8. The Bertz CT molecular complexity index is 1480. The van der Waals surface area contributed by atoms with Gasteiger partial charge in [-0.05, 0) is 80.1 Å². The monoisotopic (exact) mass is 569 g/mol. The molecular formula is C33H39N5O4. The molecule has 2 fully saturated rings. The maximum atomic E-state index is 13.5. The quantitative estimate of drug-likeness (QED) is 0.268. The second kappa shape index (κ2) is 13.2. The van der Waals surface area contributed by atoms with Gasteiger partial charge in [0.2, 0.25) is 17.7 Å². The van der Waals surface area contributed by atoms with Gasteiger partial charge in [-0.2, -0.15) is 0 Å². The Hall–Kier alpha value is -4.24. The Labute approximate surface area is 246 Å². The summed E-state index contributed by atoms with van der Waals surface area (Å²) in [6.45, 7) is 5.12. The van der Waals surface area contributed by atoms with Crippen LogP contribution in [-0.2, 0) is 14.4 Å². The molecule has 3 aromatic carbocycles. The molecule has 5 rings (SSSR count). The molecule has 2 aliphatic rings. The second-order valence-electron chi connectivity index (χ2n) is 11.4. The van der Waals surface area contributed by atoms with Gasteiger partial charge in [0.05, 0.1) is 12.1 Å². The SMILES string of the molecule is Cc1ccc(NC(=O)[C@H](C[C@@H]2CCNC2=O)NC(=O)[C@H]2CCCCN2)cc1C(=O)N[C@H](C)c1cccc2ccccc12. The summed E-state index contributed by atoms with van der Waals surface area (Å²) < 4.78 is 0. The molecule has 3 aromatic rings. The Morgan fingerprint density at radius 2 is 1.76 bits per heavy atom.